The van der Waals surface area contributed by atoms with Gasteiger partial charge in [-0.1, -0.05) is 12.1 Å². The third kappa shape index (κ3) is 1.60. The first-order valence-electron chi connectivity index (χ1n) is 6.54. The molecule has 3 heteroatoms. The van der Waals surface area contributed by atoms with Crippen LogP contribution in [0.15, 0.2) is 29.1 Å². The number of aryl methyl sites for hydroxylation is 1. The monoisotopic (exact) mass is 268 g/mol. The quantitative estimate of drug-likeness (QED) is 0.709. The Morgan fingerprint density at radius 3 is 2.45 bits per heavy atom. The SMILES string of the molecule is Cc1ccc2cc(C(C)(C)O)c(=O)c3/c(=C/O)cc1c2=3. The maximum absolute atomic E-state index is 12.6. The summed E-state index contributed by atoms with van der Waals surface area (Å²) in [7, 11) is 0. The highest BCUT2D eigenvalue weighted by atomic mass is 16.3. The molecular weight excluding hydrogens is 252 g/mol. The summed E-state index contributed by atoms with van der Waals surface area (Å²) in [6.45, 7) is 5.17. The van der Waals surface area contributed by atoms with Gasteiger partial charge >= 0.3 is 0 Å². The molecule has 0 aromatic heterocycles. The Hall–Kier alpha value is -2.13. The van der Waals surface area contributed by atoms with Crippen molar-refractivity contribution < 1.29 is 10.2 Å². The van der Waals surface area contributed by atoms with E-state index in [4.69, 9.17) is 0 Å². The van der Waals surface area contributed by atoms with E-state index in [1.807, 2.05) is 25.1 Å². The summed E-state index contributed by atoms with van der Waals surface area (Å²) in [6.07, 6.45) is 0.962. The van der Waals surface area contributed by atoms with E-state index in [9.17, 15) is 15.0 Å². The van der Waals surface area contributed by atoms with Crippen molar-refractivity contribution in [3.8, 4) is 0 Å². The minimum Gasteiger partial charge on any atom is -0.515 e. The molecule has 0 atom stereocenters. The second-order valence-electron chi connectivity index (χ2n) is 5.81. The molecule has 0 bridgehead atoms. The lowest BCUT2D eigenvalue weighted by molar-refractivity contribution is 0.0776. The molecule has 0 heterocycles. The predicted octanol–water partition coefficient (Wildman–Crippen LogP) is 1.91. The molecule has 0 fully saturated rings. The largest absolute Gasteiger partial charge is 0.515 e. The molecule has 3 nitrogen and oxygen atoms in total. The van der Waals surface area contributed by atoms with Gasteiger partial charge in [0.2, 0.25) is 0 Å². The number of aliphatic hydroxyl groups is 2. The molecule has 3 rings (SSSR count). The number of hydrogen-bond donors (Lipinski definition) is 2. The van der Waals surface area contributed by atoms with Gasteiger partial charge in [0.15, 0.2) is 5.43 Å². The van der Waals surface area contributed by atoms with Crippen LogP contribution in [0.3, 0.4) is 0 Å². The Labute approximate surface area is 115 Å². The smallest absolute Gasteiger partial charge is 0.193 e. The van der Waals surface area contributed by atoms with Gasteiger partial charge in [0, 0.05) is 21.2 Å². The van der Waals surface area contributed by atoms with Crippen molar-refractivity contribution in [3.63, 3.8) is 0 Å². The normalized spacial score (nSPS) is 13.7. The molecular formula is C17H16O3. The van der Waals surface area contributed by atoms with Crippen molar-refractivity contribution in [2.24, 2.45) is 0 Å². The van der Waals surface area contributed by atoms with Gasteiger partial charge in [-0.25, -0.2) is 0 Å². The minimum absolute atomic E-state index is 0.217. The van der Waals surface area contributed by atoms with Gasteiger partial charge in [0.1, 0.15) is 0 Å². The van der Waals surface area contributed by atoms with E-state index in [0.29, 0.717) is 16.0 Å². The Balaban J connectivity index is 2.75. The van der Waals surface area contributed by atoms with Gasteiger partial charge in [0.25, 0.3) is 0 Å². The fourth-order valence-corrected chi connectivity index (χ4v) is 2.85. The summed E-state index contributed by atoms with van der Waals surface area (Å²) < 4.78 is 0. The second kappa shape index (κ2) is 3.93. The van der Waals surface area contributed by atoms with E-state index in [1.165, 1.54) is 0 Å². The summed E-state index contributed by atoms with van der Waals surface area (Å²) >= 11 is 0. The van der Waals surface area contributed by atoms with Crippen molar-refractivity contribution in [3.05, 3.63) is 61.3 Å². The molecule has 2 aliphatic carbocycles. The Kier molecular flexibility index (Phi) is 2.53. The van der Waals surface area contributed by atoms with Crippen molar-refractivity contribution in [1.29, 1.82) is 0 Å². The van der Waals surface area contributed by atoms with Gasteiger partial charge in [-0.2, -0.15) is 0 Å². The topological polar surface area (TPSA) is 57.5 Å². The van der Waals surface area contributed by atoms with E-state index in [-0.39, 0.29) is 5.43 Å². The molecule has 102 valence electrons. The van der Waals surface area contributed by atoms with Crippen LogP contribution in [0.1, 0.15) is 25.0 Å². The van der Waals surface area contributed by atoms with Crippen LogP contribution in [0.4, 0.5) is 0 Å². The molecule has 0 aliphatic heterocycles. The van der Waals surface area contributed by atoms with E-state index >= 15 is 0 Å². The predicted molar refractivity (Wildman–Crippen MR) is 79.0 cm³/mol. The van der Waals surface area contributed by atoms with E-state index < -0.39 is 5.60 Å². The van der Waals surface area contributed by atoms with E-state index in [0.717, 1.165) is 27.8 Å². The molecule has 2 N–H and O–H groups in total. The highest BCUT2D eigenvalue weighted by Crippen LogP contribution is 2.23. The van der Waals surface area contributed by atoms with Crippen LogP contribution in [0.2, 0.25) is 0 Å². The molecule has 20 heavy (non-hydrogen) atoms. The highest BCUT2D eigenvalue weighted by Gasteiger charge is 2.22. The molecule has 0 unspecified atom stereocenters. The van der Waals surface area contributed by atoms with Crippen molar-refractivity contribution in [2.75, 3.05) is 0 Å². The maximum Gasteiger partial charge on any atom is 0.193 e. The first-order valence-corrected chi connectivity index (χ1v) is 6.54. The zero-order valence-corrected chi connectivity index (χ0v) is 11.7. The number of hydrogen-bond acceptors (Lipinski definition) is 3. The summed E-state index contributed by atoms with van der Waals surface area (Å²) in [5.74, 6) is 0. The highest BCUT2D eigenvalue weighted by molar-refractivity contribution is 5.76. The Morgan fingerprint density at radius 1 is 1.15 bits per heavy atom. The lowest BCUT2D eigenvalue weighted by Gasteiger charge is -2.17. The van der Waals surface area contributed by atoms with Gasteiger partial charge in [-0.3, -0.25) is 4.79 Å². The van der Waals surface area contributed by atoms with E-state index in [2.05, 4.69) is 0 Å². The van der Waals surface area contributed by atoms with Crippen molar-refractivity contribution in [2.45, 2.75) is 26.4 Å². The zero-order chi connectivity index (χ0) is 14.7. The number of benzene rings is 1. The lowest BCUT2D eigenvalue weighted by atomic mass is 9.94. The third-order valence-electron chi connectivity index (χ3n) is 3.90. The zero-order valence-electron chi connectivity index (χ0n) is 11.7. The van der Waals surface area contributed by atoms with Crippen LogP contribution in [0.5, 0.6) is 0 Å². The summed E-state index contributed by atoms with van der Waals surface area (Å²) in [6, 6.07) is 7.50. The van der Waals surface area contributed by atoms with Crippen LogP contribution in [-0.2, 0) is 5.60 Å². The van der Waals surface area contributed by atoms with Gasteiger partial charge in [-0.05, 0) is 49.2 Å². The standard InChI is InChI=1S/C17H16O3/c1-9-4-5-10-7-13(17(2,3)20)16(19)15-11(8-18)6-12(9)14(10)15/h4-8,18,20H,1-3H3/b11-8+. The van der Waals surface area contributed by atoms with Gasteiger partial charge in [0.05, 0.1) is 11.9 Å². The number of aliphatic hydroxyl groups excluding tert-OH is 1. The maximum atomic E-state index is 12.6. The third-order valence-corrected chi connectivity index (χ3v) is 3.90. The van der Waals surface area contributed by atoms with Crippen LogP contribution in [0.25, 0.3) is 17.0 Å². The fraction of sp³-hybridized carbons (Fsp3) is 0.235. The fourth-order valence-electron chi connectivity index (χ4n) is 2.85. The first kappa shape index (κ1) is 12.9. The number of rotatable bonds is 1. The molecule has 0 radical (unpaired) electrons. The summed E-state index contributed by atoms with van der Waals surface area (Å²) in [5.41, 5.74) is -0.0166. The van der Waals surface area contributed by atoms with Crippen LogP contribution < -0.4 is 10.6 Å². The Bertz CT molecular complexity index is 965. The van der Waals surface area contributed by atoms with Crippen LogP contribution >= 0.6 is 0 Å². The summed E-state index contributed by atoms with van der Waals surface area (Å²) in [4.78, 5) is 12.6. The molecule has 0 saturated heterocycles. The van der Waals surface area contributed by atoms with Crippen LogP contribution in [0, 0.1) is 17.4 Å². The average Bonchev–Trinajstić information content (AvgIpc) is 2.76. The summed E-state index contributed by atoms with van der Waals surface area (Å²) in [5, 5.41) is 23.3. The molecule has 0 amide bonds. The molecule has 1 aromatic rings. The molecule has 2 aliphatic rings. The minimum atomic E-state index is -1.21. The Morgan fingerprint density at radius 2 is 1.85 bits per heavy atom. The average molecular weight is 268 g/mol. The van der Waals surface area contributed by atoms with Gasteiger partial charge < -0.3 is 10.2 Å². The van der Waals surface area contributed by atoms with Crippen molar-refractivity contribution >= 4 is 17.0 Å². The van der Waals surface area contributed by atoms with E-state index in [1.54, 1.807) is 19.9 Å². The lowest BCUT2D eigenvalue weighted by Crippen LogP contribution is -2.27. The molecule has 1 aromatic carbocycles. The second-order valence-corrected chi connectivity index (χ2v) is 5.81. The van der Waals surface area contributed by atoms with Gasteiger partial charge in [-0.15, -0.1) is 0 Å². The molecule has 0 saturated carbocycles. The van der Waals surface area contributed by atoms with Crippen molar-refractivity contribution in [1.82, 2.24) is 0 Å². The first-order chi connectivity index (χ1) is 9.34. The molecule has 0 spiro atoms. The van der Waals surface area contributed by atoms with Crippen LogP contribution in [-0.4, -0.2) is 10.2 Å².